The first-order valence-electron chi connectivity index (χ1n) is 6.39. The minimum absolute atomic E-state index is 0.0992. The summed E-state index contributed by atoms with van der Waals surface area (Å²) in [6.07, 6.45) is 1.57. The second kappa shape index (κ2) is 5.25. The van der Waals surface area contributed by atoms with Crippen LogP contribution in [-0.2, 0) is 11.3 Å². The molecular weight excluding hydrogens is 250 g/mol. The summed E-state index contributed by atoms with van der Waals surface area (Å²) >= 11 is 0. The summed E-state index contributed by atoms with van der Waals surface area (Å²) in [6, 6.07) is 3.60. The van der Waals surface area contributed by atoms with Crippen LogP contribution >= 0.6 is 0 Å². The lowest BCUT2D eigenvalue weighted by molar-refractivity contribution is -0.138. The normalized spacial score (nSPS) is 25.8. The van der Waals surface area contributed by atoms with E-state index >= 15 is 0 Å². The van der Waals surface area contributed by atoms with E-state index in [1.165, 1.54) is 6.07 Å². The van der Waals surface area contributed by atoms with Crippen LogP contribution in [0.5, 0.6) is 0 Å². The van der Waals surface area contributed by atoms with Crippen LogP contribution in [0.25, 0.3) is 0 Å². The molecule has 104 valence electrons. The maximum absolute atomic E-state index is 13.0. The molecule has 0 aliphatic heterocycles. The van der Waals surface area contributed by atoms with Gasteiger partial charge in [-0.1, -0.05) is 13.0 Å². The molecule has 1 aromatic rings. The monoisotopic (exact) mass is 268 g/mol. The molecule has 0 saturated heterocycles. The topological polar surface area (TPSA) is 55.1 Å². The maximum atomic E-state index is 13.0. The van der Waals surface area contributed by atoms with Crippen LogP contribution in [0.4, 0.5) is 8.78 Å². The Morgan fingerprint density at radius 1 is 1.42 bits per heavy atom. The van der Waals surface area contributed by atoms with Crippen molar-refractivity contribution in [2.75, 3.05) is 6.54 Å². The molecule has 0 aromatic heterocycles. The zero-order valence-corrected chi connectivity index (χ0v) is 10.9. The number of nitrogens with two attached hydrogens (primary N) is 1. The molecule has 1 aliphatic carbocycles. The summed E-state index contributed by atoms with van der Waals surface area (Å²) in [5.74, 6) is -1.38. The molecule has 1 aromatic carbocycles. The lowest BCUT2D eigenvalue weighted by Crippen LogP contribution is -2.53. The van der Waals surface area contributed by atoms with E-state index in [0.717, 1.165) is 25.0 Å². The van der Waals surface area contributed by atoms with Gasteiger partial charge in [-0.2, -0.15) is 0 Å². The van der Waals surface area contributed by atoms with Gasteiger partial charge >= 0.3 is 0 Å². The number of halogens is 2. The van der Waals surface area contributed by atoms with E-state index in [1.54, 1.807) is 0 Å². The average Bonchev–Trinajstić information content (AvgIpc) is 2.35. The smallest absolute Gasteiger partial charge is 0.227 e. The van der Waals surface area contributed by atoms with Gasteiger partial charge in [-0.05, 0) is 36.5 Å². The predicted octanol–water partition coefficient (Wildman–Crippen LogP) is 1.96. The summed E-state index contributed by atoms with van der Waals surface area (Å²) < 4.78 is 25.8. The Hall–Kier alpha value is -1.49. The second-order valence-electron chi connectivity index (χ2n) is 5.43. The van der Waals surface area contributed by atoms with Gasteiger partial charge in [-0.15, -0.1) is 0 Å². The molecule has 0 radical (unpaired) electrons. The van der Waals surface area contributed by atoms with Crippen LogP contribution < -0.4 is 11.1 Å². The molecule has 0 unspecified atom stereocenters. The van der Waals surface area contributed by atoms with Crippen molar-refractivity contribution in [3.63, 3.8) is 0 Å². The van der Waals surface area contributed by atoms with Gasteiger partial charge in [0.15, 0.2) is 11.6 Å². The molecule has 1 amide bonds. The highest BCUT2D eigenvalue weighted by Crippen LogP contribution is 2.44. The lowest BCUT2D eigenvalue weighted by Gasteiger charge is -2.44. The quantitative estimate of drug-likeness (QED) is 0.877. The Balaban J connectivity index is 1.95. The van der Waals surface area contributed by atoms with Gasteiger partial charge < -0.3 is 11.1 Å². The highest BCUT2D eigenvalue weighted by molar-refractivity contribution is 5.83. The standard InChI is InChI=1S/C14H18F2N2O/c1-9-5-14(6-9,8-17)13(19)18-7-10-2-3-11(15)12(16)4-10/h2-4,9H,5-8,17H2,1H3,(H,18,19). The van der Waals surface area contributed by atoms with E-state index in [-0.39, 0.29) is 12.5 Å². The van der Waals surface area contributed by atoms with Gasteiger partial charge in [0.2, 0.25) is 5.91 Å². The molecule has 0 bridgehead atoms. The Bertz CT molecular complexity index is 484. The van der Waals surface area contributed by atoms with Crippen molar-refractivity contribution in [1.82, 2.24) is 5.32 Å². The van der Waals surface area contributed by atoms with Crippen molar-refractivity contribution in [1.29, 1.82) is 0 Å². The molecule has 19 heavy (non-hydrogen) atoms. The number of benzene rings is 1. The Labute approximate surface area is 111 Å². The highest BCUT2D eigenvalue weighted by atomic mass is 19.2. The van der Waals surface area contributed by atoms with Gasteiger partial charge in [0.1, 0.15) is 0 Å². The molecule has 0 spiro atoms. The van der Waals surface area contributed by atoms with E-state index in [1.807, 2.05) is 0 Å². The summed E-state index contributed by atoms with van der Waals surface area (Å²) in [5, 5.41) is 2.75. The molecular formula is C14H18F2N2O. The first-order chi connectivity index (χ1) is 8.97. The molecule has 1 aliphatic rings. The average molecular weight is 268 g/mol. The van der Waals surface area contributed by atoms with E-state index in [9.17, 15) is 13.6 Å². The van der Waals surface area contributed by atoms with Crippen LogP contribution in [-0.4, -0.2) is 12.5 Å². The van der Waals surface area contributed by atoms with Crippen molar-refractivity contribution in [3.8, 4) is 0 Å². The fraction of sp³-hybridized carbons (Fsp3) is 0.500. The summed E-state index contributed by atoms with van der Waals surface area (Å²) in [5.41, 5.74) is 5.73. The molecule has 5 heteroatoms. The number of amides is 1. The van der Waals surface area contributed by atoms with Crippen LogP contribution in [0.1, 0.15) is 25.3 Å². The minimum Gasteiger partial charge on any atom is -0.352 e. The van der Waals surface area contributed by atoms with Crippen LogP contribution in [0, 0.1) is 23.0 Å². The molecule has 1 fully saturated rings. The number of hydrogen-bond donors (Lipinski definition) is 2. The lowest BCUT2D eigenvalue weighted by atomic mass is 9.62. The number of rotatable bonds is 4. The number of nitrogens with one attached hydrogen (secondary N) is 1. The Morgan fingerprint density at radius 2 is 2.11 bits per heavy atom. The molecule has 2 rings (SSSR count). The van der Waals surface area contributed by atoms with Gasteiger partial charge in [-0.3, -0.25) is 4.79 Å². The van der Waals surface area contributed by atoms with Crippen molar-refractivity contribution < 1.29 is 13.6 Å². The molecule has 0 atom stereocenters. The highest BCUT2D eigenvalue weighted by Gasteiger charge is 2.46. The van der Waals surface area contributed by atoms with Gasteiger partial charge in [0, 0.05) is 13.1 Å². The number of hydrogen-bond acceptors (Lipinski definition) is 2. The molecule has 0 heterocycles. The van der Waals surface area contributed by atoms with Crippen molar-refractivity contribution in [3.05, 3.63) is 35.4 Å². The fourth-order valence-corrected chi connectivity index (χ4v) is 2.74. The largest absolute Gasteiger partial charge is 0.352 e. The Kier molecular flexibility index (Phi) is 3.85. The fourth-order valence-electron chi connectivity index (χ4n) is 2.74. The Morgan fingerprint density at radius 3 is 2.63 bits per heavy atom. The first kappa shape index (κ1) is 13.9. The van der Waals surface area contributed by atoms with E-state index < -0.39 is 17.0 Å². The second-order valence-corrected chi connectivity index (χ2v) is 5.43. The van der Waals surface area contributed by atoms with Crippen LogP contribution in [0.15, 0.2) is 18.2 Å². The van der Waals surface area contributed by atoms with Crippen molar-refractivity contribution >= 4 is 5.91 Å². The summed E-state index contributed by atoms with van der Waals surface area (Å²) in [7, 11) is 0. The predicted molar refractivity (Wildman–Crippen MR) is 68.1 cm³/mol. The van der Waals surface area contributed by atoms with Gasteiger partial charge in [0.05, 0.1) is 5.41 Å². The third-order valence-corrected chi connectivity index (χ3v) is 3.79. The van der Waals surface area contributed by atoms with E-state index in [4.69, 9.17) is 5.73 Å². The van der Waals surface area contributed by atoms with Crippen molar-refractivity contribution in [2.45, 2.75) is 26.3 Å². The zero-order chi connectivity index (χ0) is 14.0. The first-order valence-corrected chi connectivity index (χ1v) is 6.39. The molecule has 1 saturated carbocycles. The van der Waals surface area contributed by atoms with Crippen molar-refractivity contribution in [2.24, 2.45) is 17.1 Å². The van der Waals surface area contributed by atoms with E-state index in [0.29, 0.717) is 18.0 Å². The SMILES string of the molecule is CC1CC(CN)(C(=O)NCc2ccc(F)c(F)c2)C1. The minimum atomic E-state index is -0.905. The third kappa shape index (κ3) is 2.76. The van der Waals surface area contributed by atoms with Crippen LogP contribution in [0.2, 0.25) is 0 Å². The summed E-state index contributed by atoms with van der Waals surface area (Å²) in [4.78, 5) is 12.1. The van der Waals surface area contributed by atoms with E-state index in [2.05, 4.69) is 12.2 Å². The third-order valence-electron chi connectivity index (χ3n) is 3.79. The van der Waals surface area contributed by atoms with Crippen LogP contribution in [0.3, 0.4) is 0 Å². The van der Waals surface area contributed by atoms with Gasteiger partial charge in [-0.25, -0.2) is 8.78 Å². The molecule has 3 N–H and O–H groups in total. The van der Waals surface area contributed by atoms with Gasteiger partial charge in [0.25, 0.3) is 0 Å². The summed E-state index contributed by atoms with van der Waals surface area (Å²) in [6.45, 7) is 2.59. The molecule has 3 nitrogen and oxygen atoms in total. The number of carbonyl (C=O) groups is 1. The zero-order valence-electron chi connectivity index (χ0n) is 10.9. The maximum Gasteiger partial charge on any atom is 0.227 e. The number of carbonyl (C=O) groups excluding carboxylic acids is 1.